The Bertz CT molecular complexity index is 460. The lowest BCUT2D eigenvalue weighted by Gasteiger charge is -2.39. The molecule has 0 radical (unpaired) electrons. The summed E-state index contributed by atoms with van der Waals surface area (Å²) >= 11 is 0. The van der Waals surface area contributed by atoms with E-state index in [2.05, 4.69) is 18.7 Å². The first-order valence-corrected chi connectivity index (χ1v) is 9.90. The molecule has 0 saturated heterocycles. The highest BCUT2D eigenvalue weighted by Gasteiger charge is 2.45. The van der Waals surface area contributed by atoms with Gasteiger partial charge in [0.1, 0.15) is 0 Å². The molecular weight excluding hydrogens is 344 g/mol. The van der Waals surface area contributed by atoms with E-state index in [0.717, 1.165) is 12.0 Å². The highest BCUT2D eigenvalue weighted by molar-refractivity contribution is 6.60. The lowest BCUT2D eigenvalue weighted by atomic mass is 9.91. The van der Waals surface area contributed by atoms with Crippen molar-refractivity contribution in [3.63, 3.8) is 0 Å². The first-order valence-electron chi connectivity index (χ1n) is 7.97. The minimum Gasteiger partial charge on any atom is -0.377 e. The number of nitrogens with two attached hydrogens (primary N) is 2. The topological polar surface area (TPSA) is 79.7 Å². The average Bonchev–Trinajstić information content (AvgIpc) is 2.59. The monoisotopic (exact) mass is 374 g/mol. The maximum absolute atomic E-state index is 6.46. The molecule has 138 valence electrons. The summed E-state index contributed by atoms with van der Waals surface area (Å²) in [5, 5.41) is 0. The number of hydrogen-bond acceptors (Lipinski definition) is 5. The van der Waals surface area contributed by atoms with Crippen molar-refractivity contribution in [3.05, 3.63) is 48.6 Å². The Morgan fingerprint density at radius 2 is 1.75 bits per heavy atom. The highest BCUT2D eigenvalue weighted by Crippen LogP contribution is 2.30. The Morgan fingerprint density at radius 1 is 1.12 bits per heavy atom. The largest absolute Gasteiger partial charge is 0.501 e. The normalized spacial score (nSPS) is 13.8. The van der Waals surface area contributed by atoms with Crippen LogP contribution in [0.25, 0.3) is 0 Å². The second kappa shape index (κ2) is 11.8. The van der Waals surface area contributed by atoms with Gasteiger partial charge in [0, 0.05) is 26.7 Å². The van der Waals surface area contributed by atoms with Gasteiger partial charge in [-0.05, 0) is 31.5 Å². The first kappa shape index (κ1) is 23.3. The summed E-state index contributed by atoms with van der Waals surface area (Å²) in [6.45, 7) is 5.05. The van der Waals surface area contributed by atoms with E-state index >= 15 is 0 Å². The molecule has 0 aliphatic heterocycles. The summed E-state index contributed by atoms with van der Waals surface area (Å²) in [6, 6.07) is 10.8. The van der Waals surface area contributed by atoms with E-state index in [0.29, 0.717) is 32.0 Å². The molecule has 0 aliphatic rings. The molecule has 5 nitrogen and oxygen atoms in total. The van der Waals surface area contributed by atoms with Crippen molar-refractivity contribution in [1.82, 2.24) is 0 Å². The van der Waals surface area contributed by atoms with Gasteiger partial charge in [-0.2, -0.15) is 0 Å². The van der Waals surface area contributed by atoms with Crippen molar-refractivity contribution in [2.45, 2.75) is 30.9 Å². The maximum Gasteiger partial charge on any atom is 0.501 e. The van der Waals surface area contributed by atoms with Crippen LogP contribution in [0.15, 0.2) is 43.0 Å². The van der Waals surface area contributed by atoms with Crippen LogP contribution in [0.1, 0.15) is 18.4 Å². The van der Waals surface area contributed by atoms with Gasteiger partial charge in [-0.3, -0.25) is 0 Å². The zero-order chi connectivity index (χ0) is 17.2. The minimum atomic E-state index is -2.82. The Kier molecular flexibility index (Phi) is 11.4. The molecule has 0 bridgehead atoms. The summed E-state index contributed by atoms with van der Waals surface area (Å²) in [4.78, 5) is 0. The van der Waals surface area contributed by atoms with E-state index < -0.39 is 14.4 Å². The molecule has 0 spiro atoms. The van der Waals surface area contributed by atoms with Crippen LogP contribution in [0.3, 0.4) is 0 Å². The van der Waals surface area contributed by atoms with Gasteiger partial charge < -0.3 is 24.7 Å². The molecule has 7 heteroatoms. The molecule has 1 rings (SSSR count). The van der Waals surface area contributed by atoms with Crippen molar-refractivity contribution < 1.29 is 13.3 Å². The van der Waals surface area contributed by atoms with Crippen LogP contribution in [0, 0.1) is 0 Å². The highest BCUT2D eigenvalue weighted by atomic mass is 35.5. The van der Waals surface area contributed by atoms with Gasteiger partial charge in [0.05, 0.1) is 5.60 Å². The van der Waals surface area contributed by atoms with Crippen LogP contribution in [0.2, 0.25) is 6.04 Å². The number of rotatable bonds is 12. The zero-order valence-electron chi connectivity index (χ0n) is 14.7. The van der Waals surface area contributed by atoms with Crippen LogP contribution in [-0.2, 0) is 19.7 Å². The molecule has 1 aromatic rings. The lowest BCUT2D eigenvalue weighted by molar-refractivity contribution is 0.00858. The van der Waals surface area contributed by atoms with Crippen molar-refractivity contribution in [1.29, 1.82) is 0 Å². The van der Waals surface area contributed by atoms with E-state index in [-0.39, 0.29) is 12.4 Å². The predicted octanol–water partition coefficient (Wildman–Crippen LogP) is 2.52. The molecule has 4 N–H and O–H groups in total. The summed E-state index contributed by atoms with van der Waals surface area (Å²) in [6.07, 6.45) is 3.94. The van der Waals surface area contributed by atoms with Crippen LogP contribution >= 0.6 is 12.4 Å². The molecular formula is C17H31ClN2O3Si. The van der Waals surface area contributed by atoms with Crippen LogP contribution < -0.4 is 11.5 Å². The van der Waals surface area contributed by atoms with Crippen molar-refractivity contribution in [3.8, 4) is 0 Å². The molecule has 0 fully saturated rings. The van der Waals surface area contributed by atoms with Crippen LogP contribution in [0.4, 0.5) is 0 Å². The third kappa shape index (κ3) is 6.64. The van der Waals surface area contributed by atoms with Crippen molar-refractivity contribution in [2.24, 2.45) is 11.5 Å². The lowest BCUT2D eigenvalue weighted by Crippen LogP contribution is -2.53. The number of halogens is 1. The van der Waals surface area contributed by atoms with Crippen LogP contribution in [-0.4, -0.2) is 41.7 Å². The summed E-state index contributed by atoms with van der Waals surface area (Å²) < 4.78 is 17.8. The number of hydrogen-bond donors (Lipinski definition) is 2. The smallest absolute Gasteiger partial charge is 0.377 e. The zero-order valence-corrected chi connectivity index (χ0v) is 16.5. The van der Waals surface area contributed by atoms with Gasteiger partial charge in [0.2, 0.25) is 0 Å². The Labute approximate surface area is 153 Å². The summed E-state index contributed by atoms with van der Waals surface area (Å²) in [7, 11) is 0.441. The fraction of sp³-hybridized carbons (Fsp3) is 0.529. The Morgan fingerprint density at radius 3 is 2.21 bits per heavy atom. The molecule has 0 saturated carbocycles. The first-order chi connectivity index (χ1) is 11.1. The van der Waals surface area contributed by atoms with E-state index in [9.17, 15) is 0 Å². The van der Waals surface area contributed by atoms with Gasteiger partial charge in [0.15, 0.2) is 0 Å². The van der Waals surface area contributed by atoms with Gasteiger partial charge in [-0.1, -0.05) is 36.4 Å². The van der Waals surface area contributed by atoms with Gasteiger partial charge in [0.25, 0.3) is 0 Å². The number of benzene rings is 1. The maximum atomic E-state index is 6.46. The molecule has 0 aromatic heterocycles. The Balaban J connectivity index is 0.00000529. The summed E-state index contributed by atoms with van der Waals surface area (Å²) in [5.41, 5.74) is 12.0. The predicted molar refractivity (Wildman–Crippen MR) is 103 cm³/mol. The second-order valence-electron chi connectivity index (χ2n) is 5.56. The van der Waals surface area contributed by atoms with E-state index in [1.807, 2.05) is 24.3 Å². The van der Waals surface area contributed by atoms with Crippen molar-refractivity contribution in [2.75, 3.05) is 27.3 Å². The molecule has 1 aromatic carbocycles. The van der Waals surface area contributed by atoms with Crippen LogP contribution in [0.5, 0.6) is 0 Å². The van der Waals surface area contributed by atoms with Gasteiger partial charge in [-0.25, -0.2) is 0 Å². The quantitative estimate of drug-likeness (QED) is 0.434. The minimum absolute atomic E-state index is 0. The van der Waals surface area contributed by atoms with Gasteiger partial charge in [-0.15, -0.1) is 19.0 Å². The fourth-order valence-corrected chi connectivity index (χ4v) is 4.98. The molecule has 1 unspecified atom stereocenters. The van der Waals surface area contributed by atoms with Crippen molar-refractivity contribution >= 4 is 21.2 Å². The van der Waals surface area contributed by atoms with Gasteiger partial charge >= 0.3 is 8.80 Å². The van der Waals surface area contributed by atoms with E-state index in [4.69, 9.17) is 24.7 Å². The SMILES string of the molecule is C=CC(CCN)(Cc1ccccc1)O[Si](CCCN)(OC)OC.Cl. The molecule has 0 heterocycles. The fourth-order valence-electron chi connectivity index (χ4n) is 2.63. The third-order valence-corrected chi connectivity index (χ3v) is 6.88. The Hall–Kier alpha value is -0.733. The standard InChI is InChI=1S/C17H30N2O3Si.ClH/c1-4-17(11-13-19,15-16-9-6-5-7-10-16)22-23(20-2,21-3)14-8-12-18;/h4-7,9-10H,1,8,11-15,18-19H2,2-3H3;1H. The third-order valence-electron chi connectivity index (χ3n) is 3.95. The van der Waals surface area contributed by atoms with E-state index in [1.54, 1.807) is 14.2 Å². The molecule has 0 amide bonds. The molecule has 1 atom stereocenters. The second-order valence-corrected chi connectivity index (χ2v) is 8.44. The molecule has 24 heavy (non-hydrogen) atoms. The molecule has 0 aliphatic carbocycles. The van der Waals surface area contributed by atoms with E-state index in [1.165, 1.54) is 0 Å². The summed E-state index contributed by atoms with van der Waals surface area (Å²) in [5.74, 6) is 0. The average molecular weight is 375 g/mol.